The van der Waals surface area contributed by atoms with Gasteiger partial charge in [0.15, 0.2) is 0 Å². The summed E-state index contributed by atoms with van der Waals surface area (Å²) in [6, 6.07) is 13.6. The largest absolute Gasteiger partial charge is 0.496 e. The van der Waals surface area contributed by atoms with Crippen LogP contribution >= 0.6 is 0 Å². The minimum absolute atomic E-state index is 0.142. The summed E-state index contributed by atoms with van der Waals surface area (Å²) in [5.41, 5.74) is 4.10. The number of hydrogen-bond acceptors (Lipinski definition) is 3. The molecule has 1 unspecified atom stereocenters. The molecule has 2 aromatic carbocycles. The molecule has 1 aliphatic rings. The maximum absolute atomic E-state index is 13.4. The van der Waals surface area contributed by atoms with Crippen LogP contribution in [-0.2, 0) is 6.54 Å². The molecule has 1 aromatic heterocycles. The Hall–Kier alpha value is -3.15. The number of fused-ring (bicyclic) bond motifs is 1. The molecule has 1 aliphatic heterocycles. The Kier molecular flexibility index (Phi) is 4.63. The summed E-state index contributed by atoms with van der Waals surface area (Å²) in [5.74, 6) is 0.428. The maximum atomic E-state index is 13.4. The number of para-hydroxylation sites is 1. The second-order valence-electron chi connectivity index (χ2n) is 7.23. The highest BCUT2D eigenvalue weighted by Crippen LogP contribution is 2.37. The van der Waals surface area contributed by atoms with Crippen molar-refractivity contribution in [3.8, 4) is 5.75 Å². The molecule has 5 nitrogen and oxygen atoms in total. The first kappa shape index (κ1) is 18.2. The molecule has 3 aromatic rings. The topological polar surface area (TPSA) is 56.2 Å². The van der Waals surface area contributed by atoms with Gasteiger partial charge in [0.2, 0.25) is 0 Å². The highest BCUT2D eigenvalue weighted by Gasteiger charge is 2.38. The van der Waals surface area contributed by atoms with Gasteiger partial charge in [-0.2, -0.15) is 5.10 Å². The predicted molar refractivity (Wildman–Crippen MR) is 104 cm³/mol. The number of ether oxygens (including phenoxy) is 1. The van der Waals surface area contributed by atoms with Crippen LogP contribution in [0.1, 0.15) is 58.7 Å². The Morgan fingerprint density at radius 3 is 2.57 bits per heavy atom. The molecule has 0 radical (unpaired) electrons. The van der Waals surface area contributed by atoms with Crippen LogP contribution < -0.4 is 10.1 Å². The van der Waals surface area contributed by atoms with Crippen LogP contribution in [0, 0.1) is 5.82 Å². The van der Waals surface area contributed by atoms with E-state index in [1.807, 2.05) is 24.3 Å². The molecule has 1 N–H and O–H groups in total. The number of rotatable bonds is 5. The number of carbonyl (C=O) groups excluding carboxylic acids is 1. The van der Waals surface area contributed by atoms with Crippen LogP contribution in [0.3, 0.4) is 0 Å². The van der Waals surface area contributed by atoms with Crippen molar-refractivity contribution in [3.63, 3.8) is 0 Å². The first-order valence-corrected chi connectivity index (χ1v) is 9.28. The van der Waals surface area contributed by atoms with Crippen LogP contribution in [0.4, 0.5) is 4.39 Å². The zero-order valence-corrected chi connectivity index (χ0v) is 16.1. The van der Waals surface area contributed by atoms with Crippen molar-refractivity contribution in [1.82, 2.24) is 15.1 Å². The number of aromatic nitrogens is 2. The van der Waals surface area contributed by atoms with Crippen LogP contribution in [0.15, 0.2) is 48.5 Å². The number of hydrogen-bond donors (Lipinski definition) is 1. The van der Waals surface area contributed by atoms with E-state index in [1.165, 1.54) is 12.1 Å². The number of nitrogens with zero attached hydrogens (tertiary/aromatic N) is 2. The molecule has 1 amide bonds. The van der Waals surface area contributed by atoms with E-state index in [9.17, 15) is 9.18 Å². The summed E-state index contributed by atoms with van der Waals surface area (Å²) in [5, 5.41) is 7.80. The van der Waals surface area contributed by atoms with E-state index < -0.39 is 0 Å². The van der Waals surface area contributed by atoms with Crippen molar-refractivity contribution in [2.45, 2.75) is 32.4 Å². The molecule has 2 heterocycles. The third-order valence-electron chi connectivity index (χ3n) is 5.06. The zero-order valence-electron chi connectivity index (χ0n) is 16.1. The molecular formula is C22H22FN3O2. The lowest BCUT2D eigenvalue weighted by Gasteiger charge is -2.14. The number of amides is 1. The molecule has 4 rings (SSSR count). The smallest absolute Gasteiger partial charge is 0.270 e. The van der Waals surface area contributed by atoms with Crippen LogP contribution in [0.25, 0.3) is 0 Å². The van der Waals surface area contributed by atoms with Crippen molar-refractivity contribution in [3.05, 3.63) is 82.4 Å². The predicted octanol–water partition coefficient (Wildman–Crippen LogP) is 4.04. The van der Waals surface area contributed by atoms with Gasteiger partial charge < -0.3 is 10.1 Å². The minimum Gasteiger partial charge on any atom is -0.496 e. The van der Waals surface area contributed by atoms with Gasteiger partial charge >= 0.3 is 0 Å². The monoisotopic (exact) mass is 379 g/mol. The molecule has 0 spiro atoms. The molecule has 6 heteroatoms. The Morgan fingerprint density at radius 1 is 1.18 bits per heavy atom. The van der Waals surface area contributed by atoms with Gasteiger partial charge in [0, 0.05) is 11.1 Å². The van der Waals surface area contributed by atoms with E-state index in [-0.39, 0.29) is 23.7 Å². The van der Waals surface area contributed by atoms with Crippen molar-refractivity contribution < 1.29 is 13.9 Å². The molecule has 0 saturated heterocycles. The van der Waals surface area contributed by atoms with Gasteiger partial charge in [0.05, 0.1) is 25.4 Å². The third kappa shape index (κ3) is 3.05. The summed E-state index contributed by atoms with van der Waals surface area (Å²) in [4.78, 5) is 12.8. The average Bonchev–Trinajstić information content (AvgIpc) is 3.22. The molecule has 0 fully saturated rings. The Balaban J connectivity index is 1.81. The van der Waals surface area contributed by atoms with Gasteiger partial charge in [-0.15, -0.1) is 0 Å². The van der Waals surface area contributed by atoms with Crippen LogP contribution in [0.2, 0.25) is 0 Å². The van der Waals surface area contributed by atoms with E-state index in [4.69, 9.17) is 9.84 Å². The van der Waals surface area contributed by atoms with Gasteiger partial charge in [-0.3, -0.25) is 9.48 Å². The lowest BCUT2D eigenvalue weighted by molar-refractivity contribution is 0.0950. The normalized spacial score (nSPS) is 15.6. The summed E-state index contributed by atoms with van der Waals surface area (Å²) < 4.78 is 20.5. The molecule has 28 heavy (non-hydrogen) atoms. The second-order valence-corrected chi connectivity index (χ2v) is 7.23. The summed E-state index contributed by atoms with van der Waals surface area (Å²) in [7, 11) is 1.63. The first-order valence-electron chi connectivity index (χ1n) is 9.28. The quantitative estimate of drug-likeness (QED) is 0.728. The first-order chi connectivity index (χ1) is 13.5. The Morgan fingerprint density at radius 2 is 1.89 bits per heavy atom. The SMILES string of the molecule is COc1ccccc1Cn1nc(C(C)C)c2c1C(=O)NC2c1ccc(F)cc1. The highest BCUT2D eigenvalue weighted by atomic mass is 19.1. The fraction of sp³-hybridized carbons (Fsp3) is 0.273. The number of halogens is 1. The lowest BCUT2D eigenvalue weighted by Crippen LogP contribution is -2.23. The van der Waals surface area contributed by atoms with Crippen molar-refractivity contribution in [2.24, 2.45) is 0 Å². The van der Waals surface area contributed by atoms with E-state index in [0.717, 1.165) is 28.1 Å². The van der Waals surface area contributed by atoms with Gasteiger partial charge in [-0.1, -0.05) is 44.2 Å². The van der Waals surface area contributed by atoms with Gasteiger partial charge in [-0.05, 0) is 29.7 Å². The molecule has 0 bridgehead atoms. The number of methoxy groups -OCH3 is 1. The standard InChI is InChI=1S/C22H22FN3O2/c1-13(2)19-18-20(14-8-10-16(23)11-9-14)24-22(27)21(18)26(25-19)12-15-6-4-5-7-17(15)28-3/h4-11,13,20H,12H2,1-3H3,(H,24,27). The summed E-state index contributed by atoms with van der Waals surface area (Å²) in [6.07, 6.45) is 0. The average molecular weight is 379 g/mol. The van der Waals surface area contributed by atoms with E-state index in [2.05, 4.69) is 19.2 Å². The fourth-order valence-electron chi connectivity index (χ4n) is 3.73. The molecule has 1 atom stereocenters. The maximum Gasteiger partial charge on any atom is 0.270 e. The molecule has 0 saturated carbocycles. The second kappa shape index (κ2) is 7.11. The van der Waals surface area contributed by atoms with Crippen LogP contribution in [0.5, 0.6) is 5.75 Å². The summed E-state index contributed by atoms with van der Waals surface area (Å²) in [6.45, 7) is 4.55. The Labute approximate surface area is 163 Å². The van der Waals surface area contributed by atoms with Crippen molar-refractivity contribution in [2.75, 3.05) is 7.11 Å². The lowest BCUT2D eigenvalue weighted by atomic mass is 9.95. The van der Waals surface area contributed by atoms with Gasteiger partial charge in [0.25, 0.3) is 5.91 Å². The van der Waals surface area contributed by atoms with Crippen molar-refractivity contribution >= 4 is 5.91 Å². The minimum atomic E-state index is -0.327. The number of benzene rings is 2. The number of carbonyl (C=O) groups is 1. The van der Waals surface area contributed by atoms with Crippen LogP contribution in [-0.4, -0.2) is 22.8 Å². The van der Waals surface area contributed by atoms with E-state index in [1.54, 1.807) is 23.9 Å². The van der Waals surface area contributed by atoms with Gasteiger partial charge in [0.1, 0.15) is 17.3 Å². The highest BCUT2D eigenvalue weighted by molar-refractivity contribution is 5.98. The van der Waals surface area contributed by atoms with E-state index >= 15 is 0 Å². The number of nitrogens with one attached hydrogen (secondary N) is 1. The fourth-order valence-corrected chi connectivity index (χ4v) is 3.73. The molecular weight excluding hydrogens is 357 g/mol. The van der Waals surface area contributed by atoms with E-state index in [0.29, 0.717) is 12.2 Å². The Bertz CT molecular complexity index is 1020. The zero-order chi connectivity index (χ0) is 19.8. The molecule has 144 valence electrons. The third-order valence-corrected chi connectivity index (χ3v) is 5.06. The van der Waals surface area contributed by atoms with Gasteiger partial charge in [-0.25, -0.2) is 4.39 Å². The molecule has 0 aliphatic carbocycles. The summed E-state index contributed by atoms with van der Waals surface area (Å²) >= 11 is 0. The van der Waals surface area contributed by atoms with Crippen molar-refractivity contribution in [1.29, 1.82) is 0 Å².